The zero-order valence-electron chi connectivity index (χ0n) is 15.2. The highest BCUT2D eigenvalue weighted by Crippen LogP contribution is 2.44. The van der Waals surface area contributed by atoms with E-state index in [0.717, 1.165) is 5.56 Å². The quantitative estimate of drug-likeness (QED) is 0.700. The van der Waals surface area contributed by atoms with E-state index < -0.39 is 5.60 Å². The van der Waals surface area contributed by atoms with Gasteiger partial charge in [-0.1, -0.05) is 23.7 Å². The molecule has 0 saturated carbocycles. The summed E-state index contributed by atoms with van der Waals surface area (Å²) in [5.41, 5.74) is 1.69. The molecule has 1 N–H and O–H groups in total. The van der Waals surface area contributed by atoms with Crippen molar-refractivity contribution in [1.82, 2.24) is 5.32 Å². The Morgan fingerprint density at radius 3 is 2.56 bits per heavy atom. The molecule has 0 saturated heterocycles. The maximum Gasteiger partial charge on any atom is 0.287 e. The highest BCUT2D eigenvalue weighted by atomic mass is 35.5. The lowest BCUT2D eigenvalue weighted by molar-refractivity contribution is 0.0507. The first kappa shape index (κ1) is 17.6. The Labute approximate surface area is 161 Å². The molecule has 1 aromatic heterocycles. The number of ketones is 1. The van der Waals surface area contributed by atoms with Gasteiger partial charge in [-0.2, -0.15) is 0 Å². The molecule has 2 heterocycles. The molecule has 1 aliphatic heterocycles. The largest absolute Gasteiger partial charge is 0.482 e. The van der Waals surface area contributed by atoms with Gasteiger partial charge in [-0.3, -0.25) is 9.59 Å². The number of ether oxygens (including phenoxy) is 1. The summed E-state index contributed by atoms with van der Waals surface area (Å²) >= 11 is 5.98. The minimum atomic E-state index is -0.788. The predicted octanol–water partition coefficient (Wildman–Crippen LogP) is 4.63. The van der Waals surface area contributed by atoms with Crippen molar-refractivity contribution in [3.05, 3.63) is 63.9 Å². The average molecular weight is 384 g/mol. The van der Waals surface area contributed by atoms with E-state index in [2.05, 4.69) is 5.32 Å². The Hall–Kier alpha value is -2.79. The van der Waals surface area contributed by atoms with Crippen molar-refractivity contribution in [3.63, 3.8) is 0 Å². The van der Waals surface area contributed by atoms with Gasteiger partial charge in [0.1, 0.15) is 16.9 Å². The molecular formula is C21H18ClNO4. The summed E-state index contributed by atoms with van der Waals surface area (Å²) in [5.74, 6) is 0.322. The first-order valence-electron chi connectivity index (χ1n) is 8.60. The van der Waals surface area contributed by atoms with Gasteiger partial charge in [0, 0.05) is 23.0 Å². The Kier molecular flexibility index (Phi) is 4.00. The number of benzene rings is 2. The molecule has 0 radical (unpaired) electrons. The maximum absolute atomic E-state index is 13.1. The molecule has 0 bridgehead atoms. The molecule has 4 rings (SSSR count). The number of nitrogens with one attached hydrogen (secondary N) is 1. The summed E-state index contributed by atoms with van der Waals surface area (Å²) in [4.78, 5) is 25.1. The SMILES string of the molecule is CNC(=O)c1oc2ccc3c(c2c1C)C(=O)CC(C)(c1ccc(Cl)cc1)O3. The highest BCUT2D eigenvalue weighted by molar-refractivity contribution is 6.30. The van der Waals surface area contributed by atoms with Crippen molar-refractivity contribution in [1.29, 1.82) is 0 Å². The standard InChI is InChI=1S/C21H18ClNO4/c1-11-17-15(26-19(11)20(25)23-3)8-9-16-18(17)14(24)10-21(2,27-16)12-4-6-13(22)7-5-12/h4-9H,10H2,1-3H3,(H,23,25). The number of halogens is 1. The van der Waals surface area contributed by atoms with Crippen LogP contribution in [0.3, 0.4) is 0 Å². The monoisotopic (exact) mass is 383 g/mol. The number of carbonyl (C=O) groups is 2. The van der Waals surface area contributed by atoms with Crippen LogP contribution in [0.1, 0.15) is 45.4 Å². The van der Waals surface area contributed by atoms with Crippen LogP contribution in [0.2, 0.25) is 5.02 Å². The van der Waals surface area contributed by atoms with Crippen molar-refractivity contribution in [3.8, 4) is 5.75 Å². The minimum Gasteiger partial charge on any atom is -0.482 e. The fourth-order valence-corrected chi connectivity index (χ4v) is 3.78. The number of rotatable bonds is 2. The smallest absolute Gasteiger partial charge is 0.287 e. The molecule has 2 aromatic carbocycles. The molecule has 6 heteroatoms. The third-order valence-corrected chi connectivity index (χ3v) is 5.31. The molecule has 3 aromatic rings. The normalized spacial score (nSPS) is 18.9. The summed E-state index contributed by atoms with van der Waals surface area (Å²) < 4.78 is 12.0. The van der Waals surface area contributed by atoms with Crippen LogP contribution >= 0.6 is 11.6 Å². The number of carbonyl (C=O) groups excluding carboxylic acids is 2. The van der Waals surface area contributed by atoms with Gasteiger partial charge < -0.3 is 14.5 Å². The van der Waals surface area contributed by atoms with Crippen molar-refractivity contribution in [2.75, 3.05) is 7.05 Å². The molecule has 5 nitrogen and oxygen atoms in total. The Morgan fingerprint density at radius 2 is 1.89 bits per heavy atom. The Balaban J connectivity index is 1.86. The first-order valence-corrected chi connectivity index (χ1v) is 8.98. The summed E-state index contributed by atoms with van der Waals surface area (Å²) in [6, 6.07) is 10.8. The molecule has 27 heavy (non-hydrogen) atoms. The summed E-state index contributed by atoms with van der Waals surface area (Å²) in [6.45, 7) is 3.66. The molecule has 0 fully saturated rings. The number of Topliss-reactive ketones (excluding diaryl/α,β-unsaturated/α-hetero) is 1. The van der Waals surface area contributed by atoms with E-state index >= 15 is 0 Å². The van der Waals surface area contributed by atoms with Crippen LogP contribution in [0, 0.1) is 6.92 Å². The Morgan fingerprint density at radius 1 is 1.19 bits per heavy atom. The molecule has 0 aliphatic carbocycles. The molecule has 1 amide bonds. The molecular weight excluding hydrogens is 366 g/mol. The van der Waals surface area contributed by atoms with Crippen LogP contribution in [0.25, 0.3) is 11.0 Å². The van der Waals surface area contributed by atoms with Gasteiger partial charge in [0.25, 0.3) is 5.91 Å². The third kappa shape index (κ3) is 2.70. The number of aryl methyl sites for hydroxylation is 1. The van der Waals surface area contributed by atoms with Gasteiger partial charge in [-0.05, 0) is 43.7 Å². The molecule has 138 valence electrons. The lowest BCUT2D eigenvalue weighted by Gasteiger charge is -2.35. The van der Waals surface area contributed by atoms with Crippen LogP contribution in [0.5, 0.6) is 5.75 Å². The van der Waals surface area contributed by atoms with Crippen LogP contribution < -0.4 is 10.1 Å². The minimum absolute atomic E-state index is 0.0494. The van der Waals surface area contributed by atoms with Crippen molar-refractivity contribution < 1.29 is 18.7 Å². The van der Waals surface area contributed by atoms with Crippen LogP contribution in [0.15, 0.2) is 40.8 Å². The number of furan rings is 1. The average Bonchev–Trinajstić information content (AvgIpc) is 2.98. The van der Waals surface area contributed by atoms with E-state index in [0.29, 0.717) is 32.9 Å². The van der Waals surface area contributed by atoms with E-state index in [9.17, 15) is 9.59 Å². The number of amides is 1. The van der Waals surface area contributed by atoms with Gasteiger partial charge in [-0.15, -0.1) is 0 Å². The van der Waals surface area contributed by atoms with Gasteiger partial charge in [0.15, 0.2) is 11.5 Å². The lowest BCUT2D eigenvalue weighted by Crippen LogP contribution is -2.36. The van der Waals surface area contributed by atoms with Crippen LogP contribution in [0.4, 0.5) is 0 Å². The van der Waals surface area contributed by atoms with Gasteiger partial charge in [0.05, 0.1) is 12.0 Å². The highest BCUT2D eigenvalue weighted by Gasteiger charge is 2.40. The van der Waals surface area contributed by atoms with Gasteiger partial charge in [-0.25, -0.2) is 0 Å². The van der Waals surface area contributed by atoms with E-state index in [1.54, 1.807) is 31.2 Å². The lowest BCUT2D eigenvalue weighted by atomic mass is 9.84. The zero-order chi connectivity index (χ0) is 19.3. The van der Waals surface area contributed by atoms with Crippen LogP contribution in [-0.4, -0.2) is 18.7 Å². The molecule has 1 atom stereocenters. The van der Waals surface area contributed by atoms with Gasteiger partial charge >= 0.3 is 0 Å². The van der Waals surface area contributed by atoms with E-state index in [-0.39, 0.29) is 23.9 Å². The zero-order valence-corrected chi connectivity index (χ0v) is 15.9. The number of hydrogen-bond donors (Lipinski definition) is 1. The summed E-state index contributed by atoms with van der Waals surface area (Å²) in [7, 11) is 1.54. The topological polar surface area (TPSA) is 68.5 Å². The van der Waals surface area contributed by atoms with Crippen molar-refractivity contribution >= 4 is 34.3 Å². The number of fused-ring (bicyclic) bond motifs is 3. The van der Waals surface area contributed by atoms with Crippen LogP contribution in [-0.2, 0) is 5.60 Å². The summed E-state index contributed by atoms with van der Waals surface area (Å²) in [6.07, 6.45) is 0.181. The number of hydrogen-bond acceptors (Lipinski definition) is 4. The van der Waals surface area contributed by atoms with E-state index in [1.165, 1.54) is 7.05 Å². The third-order valence-electron chi connectivity index (χ3n) is 5.06. The Bertz CT molecular complexity index is 1080. The second kappa shape index (κ2) is 6.13. The fourth-order valence-electron chi connectivity index (χ4n) is 3.65. The van der Waals surface area contributed by atoms with Crippen molar-refractivity contribution in [2.24, 2.45) is 0 Å². The molecule has 0 spiro atoms. The molecule has 1 aliphatic rings. The van der Waals surface area contributed by atoms with Gasteiger partial charge in [0.2, 0.25) is 0 Å². The summed E-state index contributed by atoms with van der Waals surface area (Å²) in [5, 5.41) is 3.81. The first-order chi connectivity index (χ1) is 12.8. The predicted molar refractivity (Wildman–Crippen MR) is 103 cm³/mol. The molecule has 1 unspecified atom stereocenters. The van der Waals surface area contributed by atoms with E-state index in [1.807, 2.05) is 19.1 Å². The maximum atomic E-state index is 13.1. The van der Waals surface area contributed by atoms with E-state index in [4.69, 9.17) is 20.8 Å². The van der Waals surface area contributed by atoms with Crippen molar-refractivity contribution in [2.45, 2.75) is 25.9 Å². The fraction of sp³-hybridized carbons (Fsp3) is 0.238. The second-order valence-corrected chi connectivity index (χ2v) is 7.32. The second-order valence-electron chi connectivity index (χ2n) is 6.89.